The van der Waals surface area contributed by atoms with Gasteiger partial charge in [0.1, 0.15) is 0 Å². The number of allylic oxidation sites excluding steroid dienone is 1. The predicted octanol–water partition coefficient (Wildman–Crippen LogP) is -1.63. The van der Waals surface area contributed by atoms with Crippen molar-refractivity contribution >= 4 is 6.29 Å². The summed E-state index contributed by atoms with van der Waals surface area (Å²) in [7, 11) is 0. The van der Waals surface area contributed by atoms with E-state index in [0.29, 0.717) is 6.29 Å². The van der Waals surface area contributed by atoms with Crippen molar-refractivity contribution in [2.45, 2.75) is 0 Å². The summed E-state index contributed by atoms with van der Waals surface area (Å²) < 4.78 is 0. The van der Waals surface area contributed by atoms with Gasteiger partial charge in [0.2, 0.25) is 0 Å². The molecule has 0 aliphatic heterocycles. The van der Waals surface area contributed by atoms with Gasteiger partial charge in [0.15, 0.2) is 6.29 Å². The van der Waals surface area contributed by atoms with Crippen molar-refractivity contribution < 1.29 is 9.90 Å². The highest BCUT2D eigenvalue weighted by Gasteiger charge is 2.01. The maximum absolute atomic E-state index is 10.1. The highest BCUT2D eigenvalue weighted by atomic mass is 16.3. The number of rotatable bonds is 5. The molecule has 58 valence electrons. The lowest BCUT2D eigenvalue weighted by atomic mass is 10.5. The van der Waals surface area contributed by atoms with Crippen molar-refractivity contribution in [3.8, 4) is 0 Å². The minimum absolute atomic E-state index is 0.0863. The third-order valence-electron chi connectivity index (χ3n) is 0.962. The Bertz CT molecular complexity index is 126. The first-order valence-electron chi connectivity index (χ1n) is 2.75. The number of hydrazine groups is 2. The van der Waals surface area contributed by atoms with E-state index >= 15 is 0 Å². The van der Waals surface area contributed by atoms with Crippen LogP contribution in [0, 0.1) is 0 Å². The van der Waals surface area contributed by atoms with E-state index in [0.717, 1.165) is 0 Å². The smallest absolute Gasteiger partial charge is 0.166 e. The molecular formula is C5H11N3O2. The number of carbonyl (C=O) groups is 1. The molecule has 0 aliphatic carbocycles. The third kappa shape index (κ3) is 2.58. The van der Waals surface area contributed by atoms with E-state index in [4.69, 9.17) is 10.9 Å². The van der Waals surface area contributed by atoms with E-state index in [1.165, 1.54) is 5.01 Å². The molecule has 0 radical (unpaired) electrons. The average molecular weight is 145 g/mol. The molecule has 0 fully saturated rings. The quantitative estimate of drug-likeness (QED) is 0.187. The van der Waals surface area contributed by atoms with Crippen molar-refractivity contribution in [3.05, 3.63) is 12.3 Å². The van der Waals surface area contributed by atoms with E-state index < -0.39 is 0 Å². The Morgan fingerprint density at radius 3 is 2.80 bits per heavy atom. The molecule has 0 atom stereocenters. The molecule has 5 heteroatoms. The van der Waals surface area contributed by atoms with Crippen LogP contribution in [-0.2, 0) is 4.79 Å². The summed E-state index contributed by atoms with van der Waals surface area (Å²) in [4.78, 5) is 10.1. The van der Waals surface area contributed by atoms with Gasteiger partial charge < -0.3 is 5.11 Å². The summed E-state index contributed by atoms with van der Waals surface area (Å²) >= 11 is 0. The van der Waals surface area contributed by atoms with Gasteiger partial charge in [-0.3, -0.25) is 15.6 Å². The Morgan fingerprint density at radius 1 is 1.90 bits per heavy atom. The summed E-state index contributed by atoms with van der Waals surface area (Å²) in [5.74, 6) is 4.98. The van der Waals surface area contributed by atoms with Crippen LogP contribution in [0.25, 0.3) is 0 Å². The molecule has 5 nitrogen and oxygen atoms in total. The van der Waals surface area contributed by atoms with E-state index in [-0.39, 0.29) is 18.8 Å². The van der Waals surface area contributed by atoms with Crippen LogP contribution in [0.1, 0.15) is 0 Å². The van der Waals surface area contributed by atoms with Crippen molar-refractivity contribution in [2.75, 3.05) is 13.2 Å². The summed E-state index contributed by atoms with van der Waals surface area (Å²) in [6.07, 6.45) is 0.551. The molecular weight excluding hydrogens is 134 g/mol. The van der Waals surface area contributed by atoms with Crippen LogP contribution >= 0.6 is 0 Å². The molecule has 0 rings (SSSR count). The van der Waals surface area contributed by atoms with Crippen LogP contribution in [0.2, 0.25) is 0 Å². The van der Waals surface area contributed by atoms with Gasteiger partial charge in [0.05, 0.1) is 18.8 Å². The van der Waals surface area contributed by atoms with Crippen molar-refractivity contribution in [1.82, 2.24) is 10.5 Å². The number of hydrogen-bond donors (Lipinski definition) is 3. The first-order valence-corrected chi connectivity index (χ1v) is 2.75. The van der Waals surface area contributed by atoms with E-state index in [9.17, 15) is 4.79 Å². The maximum atomic E-state index is 10.1. The van der Waals surface area contributed by atoms with Crippen LogP contribution in [0.3, 0.4) is 0 Å². The summed E-state index contributed by atoms with van der Waals surface area (Å²) in [6, 6.07) is 0. The van der Waals surface area contributed by atoms with E-state index in [2.05, 4.69) is 12.1 Å². The van der Waals surface area contributed by atoms with Crippen LogP contribution in [0.5, 0.6) is 0 Å². The lowest BCUT2D eigenvalue weighted by Crippen LogP contribution is -2.43. The highest BCUT2D eigenvalue weighted by Crippen LogP contribution is 1.89. The predicted molar refractivity (Wildman–Crippen MR) is 36.3 cm³/mol. The minimum Gasteiger partial charge on any atom is -0.394 e. The second-order valence-corrected chi connectivity index (χ2v) is 1.61. The summed E-state index contributed by atoms with van der Waals surface area (Å²) in [5, 5.41) is 9.66. The first kappa shape index (κ1) is 9.09. The summed E-state index contributed by atoms with van der Waals surface area (Å²) in [6.45, 7) is 3.53. The zero-order valence-electron chi connectivity index (χ0n) is 5.58. The largest absolute Gasteiger partial charge is 0.394 e. The molecule has 0 aromatic rings. The molecule has 0 aromatic carbocycles. The third-order valence-corrected chi connectivity index (χ3v) is 0.962. The number of nitrogens with zero attached hydrogens (tertiary/aromatic N) is 1. The van der Waals surface area contributed by atoms with Crippen molar-refractivity contribution in [2.24, 2.45) is 5.84 Å². The number of aliphatic hydroxyl groups is 1. The average Bonchev–Trinajstić information content (AvgIpc) is 1.99. The second kappa shape index (κ2) is 4.92. The molecule has 0 unspecified atom stereocenters. The molecule has 0 saturated carbocycles. The number of carbonyl (C=O) groups excluding carboxylic acids is 1. The van der Waals surface area contributed by atoms with Gasteiger partial charge in [-0.1, -0.05) is 6.58 Å². The Kier molecular flexibility index (Phi) is 4.47. The van der Waals surface area contributed by atoms with Gasteiger partial charge in [0, 0.05) is 0 Å². The van der Waals surface area contributed by atoms with Gasteiger partial charge in [0.25, 0.3) is 0 Å². The topological polar surface area (TPSA) is 78.6 Å². The Morgan fingerprint density at radius 2 is 2.50 bits per heavy atom. The molecule has 4 N–H and O–H groups in total. The molecule has 0 bridgehead atoms. The fourth-order valence-electron chi connectivity index (χ4n) is 0.455. The Balaban J connectivity index is 3.79. The zero-order chi connectivity index (χ0) is 7.98. The molecule has 0 saturated heterocycles. The maximum Gasteiger partial charge on any atom is 0.166 e. The molecule has 0 aliphatic rings. The molecule has 0 heterocycles. The fourth-order valence-corrected chi connectivity index (χ4v) is 0.455. The van der Waals surface area contributed by atoms with Gasteiger partial charge in [-0.2, -0.15) is 5.53 Å². The molecule has 10 heavy (non-hydrogen) atoms. The number of aldehydes is 1. The van der Waals surface area contributed by atoms with Gasteiger partial charge >= 0.3 is 0 Å². The Hall–Kier alpha value is -0.910. The first-order chi connectivity index (χ1) is 4.76. The van der Waals surface area contributed by atoms with Crippen LogP contribution in [0.4, 0.5) is 0 Å². The van der Waals surface area contributed by atoms with E-state index in [1.54, 1.807) is 0 Å². The number of hydrogen-bond acceptors (Lipinski definition) is 5. The lowest BCUT2D eigenvalue weighted by molar-refractivity contribution is -0.106. The van der Waals surface area contributed by atoms with Crippen molar-refractivity contribution in [3.63, 3.8) is 0 Å². The SMILES string of the molecule is C=C(C=O)N(CCO)NN. The second-order valence-electron chi connectivity index (χ2n) is 1.61. The van der Waals surface area contributed by atoms with E-state index in [1.807, 2.05) is 0 Å². The zero-order valence-corrected chi connectivity index (χ0v) is 5.58. The summed E-state index contributed by atoms with van der Waals surface area (Å²) in [5.41, 5.74) is 2.39. The fraction of sp³-hybridized carbons (Fsp3) is 0.400. The van der Waals surface area contributed by atoms with Gasteiger partial charge in [-0.05, 0) is 0 Å². The molecule has 0 spiro atoms. The number of aliphatic hydroxyl groups excluding tert-OH is 1. The normalized spacial score (nSPS) is 9.00. The van der Waals surface area contributed by atoms with Crippen LogP contribution < -0.4 is 11.4 Å². The highest BCUT2D eigenvalue weighted by molar-refractivity contribution is 5.70. The lowest BCUT2D eigenvalue weighted by Gasteiger charge is -2.19. The van der Waals surface area contributed by atoms with Gasteiger partial charge in [-0.15, -0.1) is 0 Å². The molecule has 0 amide bonds. The number of nitrogens with one attached hydrogen (secondary N) is 1. The number of nitrogens with two attached hydrogens (primary N) is 1. The Labute approximate surface area is 59.1 Å². The molecule has 0 aromatic heterocycles. The standard InChI is InChI=1S/C5H11N3O2/c1-5(4-10)8(7-6)2-3-9/h4,7,9H,1-3,6H2. The monoisotopic (exact) mass is 145 g/mol. The minimum atomic E-state index is -0.0863. The van der Waals surface area contributed by atoms with Crippen molar-refractivity contribution in [1.29, 1.82) is 0 Å². The van der Waals surface area contributed by atoms with Crippen LogP contribution in [0.15, 0.2) is 12.3 Å². The van der Waals surface area contributed by atoms with Gasteiger partial charge in [-0.25, -0.2) is 0 Å². The van der Waals surface area contributed by atoms with Crippen LogP contribution in [-0.4, -0.2) is 29.6 Å².